The molecule has 0 saturated heterocycles. The van der Waals surface area contributed by atoms with Crippen LogP contribution in [-0.2, 0) is 9.59 Å². The summed E-state index contributed by atoms with van der Waals surface area (Å²) in [6.07, 6.45) is 12.3. The molecule has 0 spiro atoms. The first-order valence-electron chi connectivity index (χ1n) is 8.89. The number of carboxylic acids is 2. The molecule has 0 aliphatic rings. The van der Waals surface area contributed by atoms with Crippen LogP contribution in [-0.4, -0.2) is 22.2 Å². The third-order valence-electron chi connectivity index (χ3n) is 4.28. The third-order valence-corrected chi connectivity index (χ3v) is 4.28. The van der Waals surface area contributed by atoms with E-state index >= 15 is 0 Å². The lowest BCUT2D eigenvalue weighted by Crippen LogP contribution is -2.19. The van der Waals surface area contributed by atoms with Gasteiger partial charge < -0.3 is 10.2 Å². The zero-order valence-corrected chi connectivity index (χ0v) is 14.4. The van der Waals surface area contributed by atoms with Gasteiger partial charge in [-0.3, -0.25) is 9.59 Å². The van der Waals surface area contributed by atoms with E-state index in [2.05, 4.69) is 0 Å². The molecule has 0 aromatic carbocycles. The van der Waals surface area contributed by atoms with Gasteiger partial charge in [0.25, 0.3) is 0 Å². The van der Waals surface area contributed by atoms with Crippen LogP contribution < -0.4 is 0 Å². The number of hydrogen-bond acceptors (Lipinski definition) is 2. The molecule has 22 heavy (non-hydrogen) atoms. The first-order valence-corrected chi connectivity index (χ1v) is 8.89. The van der Waals surface area contributed by atoms with Crippen molar-refractivity contribution in [2.45, 2.75) is 90.9 Å². The fourth-order valence-corrected chi connectivity index (χ4v) is 2.80. The Balaban J connectivity index is 3.30. The average molecular weight is 314 g/mol. The molecule has 4 heteroatoms. The lowest BCUT2D eigenvalue weighted by atomic mass is 9.90. The molecular weight excluding hydrogens is 280 g/mol. The van der Waals surface area contributed by atoms with Crippen molar-refractivity contribution >= 4 is 11.9 Å². The Labute approximate surface area is 135 Å². The lowest BCUT2D eigenvalue weighted by molar-refractivity contribution is -0.143. The SMILES string of the molecule is CC(C)C(CCCCCCCCCCCCC(=O)O)C(=O)O. The van der Waals surface area contributed by atoms with Crippen molar-refractivity contribution in [2.75, 3.05) is 0 Å². The second-order valence-corrected chi connectivity index (χ2v) is 6.66. The summed E-state index contributed by atoms with van der Waals surface area (Å²) in [5, 5.41) is 17.6. The minimum Gasteiger partial charge on any atom is -0.481 e. The summed E-state index contributed by atoms with van der Waals surface area (Å²) >= 11 is 0. The molecule has 0 heterocycles. The van der Waals surface area contributed by atoms with Crippen LogP contribution in [0, 0.1) is 11.8 Å². The summed E-state index contributed by atoms with van der Waals surface area (Å²) in [6.45, 7) is 3.96. The second-order valence-electron chi connectivity index (χ2n) is 6.66. The minimum absolute atomic E-state index is 0.189. The Morgan fingerprint density at radius 1 is 0.727 bits per heavy atom. The summed E-state index contributed by atoms with van der Waals surface area (Å²) < 4.78 is 0. The van der Waals surface area contributed by atoms with E-state index in [-0.39, 0.29) is 11.8 Å². The zero-order chi connectivity index (χ0) is 16.8. The zero-order valence-electron chi connectivity index (χ0n) is 14.4. The first-order chi connectivity index (χ1) is 10.4. The maximum atomic E-state index is 11.1. The molecule has 0 aromatic heterocycles. The number of unbranched alkanes of at least 4 members (excludes halogenated alkanes) is 9. The first kappa shape index (κ1) is 20.9. The average Bonchev–Trinajstić information content (AvgIpc) is 2.42. The molecule has 0 saturated carbocycles. The molecule has 0 aliphatic carbocycles. The van der Waals surface area contributed by atoms with Gasteiger partial charge in [0.05, 0.1) is 5.92 Å². The van der Waals surface area contributed by atoms with E-state index in [1.165, 1.54) is 32.1 Å². The molecule has 0 rings (SSSR count). The molecule has 0 bridgehead atoms. The van der Waals surface area contributed by atoms with Gasteiger partial charge in [-0.2, -0.15) is 0 Å². The highest BCUT2D eigenvalue weighted by Crippen LogP contribution is 2.20. The standard InChI is InChI=1S/C18H34O4/c1-15(2)16(18(21)22)13-11-9-7-5-3-4-6-8-10-12-14-17(19)20/h15-16H,3-14H2,1-2H3,(H,19,20)(H,21,22). The molecular formula is C18H34O4. The minimum atomic E-state index is -0.692. The summed E-state index contributed by atoms with van der Waals surface area (Å²) in [5.74, 6) is -1.31. The summed E-state index contributed by atoms with van der Waals surface area (Å²) in [7, 11) is 0. The smallest absolute Gasteiger partial charge is 0.306 e. The molecule has 1 unspecified atom stereocenters. The largest absolute Gasteiger partial charge is 0.481 e. The van der Waals surface area contributed by atoms with Gasteiger partial charge in [-0.05, 0) is 18.8 Å². The Morgan fingerprint density at radius 3 is 1.50 bits per heavy atom. The Hall–Kier alpha value is -1.06. The molecule has 4 nitrogen and oxygen atoms in total. The topological polar surface area (TPSA) is 74.6 Å². The van der Waals surface area contributed by atoms with Crippen LogP contribution in [0.1, 0.15) is 90.9 Å². The highest BCUT2D eigenvalue weighted by atomic mass is 16.4. The van der Waals surface area contributed by atoms with Crippen LogP contribution in [0.25, 0.3) is 0 Å². The molecule has 0 amide bonds. The van der Waals surface area contributed by atoms with Crippen LogP contribution in [0.15, 0.2) is 0 Å². The predicted octanol–water partition coefficient (Wildman–Crippen LogP) is 5.11. The number of aliphatic carboxylic acids is 2. The van der Waals surface area contributed by atoms with Gasteiger partial charge in [-0.25, -0.2) is 0 Å². The van der Waals surface area contributed by atoms with Crippen molar-refractivity contribution in [1.29, 1.82) is 0 Å². The molecule has 0 radical (unpaired) electrons. The van der Waals surface area contributed by atoms with E-state index in [1.54, 1.807) is 0 Å². The van der Waals surface area contributed by atoms with Gasteiger partial charge >= 0.3 is 11.9 Å². The lowest BCUT2D eigenvalue weighted by Gasteiger charge is -2.15. The fourth-order valence-electron chi connectivity index (χ4n) is 2.80. The maximum Gasteiger partial charge on any atom is 0.306 e. The molecule has 0 aliphatic heterocycles. The van der Waals surface area contributed by atoms with Crippen molar-refractivity contribution in [3.8, 4) is 0 Å². The third kappa shape index (κ3) is 12.7. The monoisotopic (exact) mass is 314 g/mol. The Bertz CT molecular complexity index is 299. The summed E-state index contributed by atoms with van der Waals surface area (Å²) in [6, 6.07) is 0. The molecule has 0 aromatic rings. The number of carbonyl (C=O) groups is 2. The number of rotatable bonds is 15. The normalized spacial score (nSPS) is 12.5. The van der Waals surface area contributed by atoms with Crippen molar-refractivity contribution in [1.82, 2.24) is 0 Å². The van der Waals surface area contributed by atoms with Gasteiger partial charge in [0, 0.05) is 6.42 Å². The molecule has 130 valence electrons. The van der Waals surface area contributed by atoms with Gasteiger partial charge in [-0.15, -0.1) is 0 Å². The van der Waals surface area contributed by atoms with E-state index in [9.17, 15) is 9.59 Å². The highest BCUT2D eigenvalue weighted by molar-refractivity contribution is 5.70. The Morgan fingerprint density at radius 2 is 1.14 bits per heavy atom. The number of hydrogen-bond donors (Lipinski definition) is 2. The van der Waals surface area contributed by atoms with Crippen molar-refractivity contribution in [2.24, 2.45) is 11.8 Å². The van der Waals surface area contributed by atoms with Crippen LogP contribution in [0.2, 0.25) is 0 Å². The van der Waals surface area contributed by atoms with E-state index in [1.807, 2.05) is 13.8 Å². The second kappa shape index (κ2) is 13.6. The van der Waals surface area contributed by atoms with E-state index in [0.29, 0.717) is 6.42 Å². The van der Waals surface area contributed by atoms with Crippen molar-refractivity contribution in [3.05, 3.63) is 0 Å². The number of carboxylic acid groups (broad SMARTS) is 2. The highest BCUT2D eigenvalue weighted by Gasteiger charge is 2.20. The van der Waals surface area contributed by atoms with E-state index in [0.717, 1.165) is 38.5 Å². The van der Waals surface area contributed by atoms with Crippen molar-refractivity contribution < 1.29 is 19.8 Å². The summed E-state index contributed by atoms with van der Waals surface area (Å²) in [5.41, 5.74) is 0. The quantitative estimate of drug-likeness (QED) is 0.412. The van der Waals surface area contributed by atoms with Gasteiger partial charge in [0.1, 0.15) is 0 Å². The molecule has 1 atom stereocenters. The maximum absolute atomic E-state index is 11.1. The molecule has 2 N–H and O–H groups in total. The van der Waals surface area contributed by atoms with Crippen LogP contribution in [0.5, 0.6) is 0 Å². The van der Waals surface area contributed by atoms with E-state index < -0.39 is 11.9 Å². The van der Waals surface area contributed by atoms with E-state index in [4.69, 9.17) is 10.2 Å². The molecule has 0 fully saturated rings. The predicted molar refractivity (Wildman–Crippen MR) is 89.0 cm³/mol. The summed E-state index contributed by atoms with van der Waals surface area (Å²) in [4.78, 5) is 21.4. The fraction of sp³-hybridized carbons (Fsp3) is 0.889. The van der Waals surface area contributed by atoms with Crippen LogP contribution in [0.4, 0.5) is 0 Å². The van der Waals surface area contributed by atoms with Crippen LogP contribution in [0.3, 0.4) is 0 Å². The van der Waals surface area contributed by atoms with Gasteiger partial charge in [0.15, 0.2) is 0 Å². The Kier molecular flexibility index (Phi) is 12.9. The van der Waals surface area contributed by atoms with Gasteiger partial charge in [-0.1, -0.05) is 71.6 Å². The van der Waals surface area contributed by atoms with Gasteiger partial charge in [0.2, 0.25) is 0 Å². The van der Waals surface area contributed by atoms with Crippen LogP contribution >= 0.6 is 0 Å². The van der Waals surface area contributed by atoms with Crippen molar-refractivity contribution in [3.63, 3.8) is 0 Å².